The first-order valence-corrected chi connectivity index (χ1v) is 12.0. The van der Waals surface area contributed by atoms with Crippen LogP contribution in [0.2, 0.25) is 0 Å². The van der Waals surface area contributed by atoms with Gasteiger partial charge in [-0.25, -0.2) is 9.69 Å². The minimum Gasteiger partial charge on any atom is -0.439 e. The molecule has 5 atom stereocenters. The molecule has 1 saturated heterocycles. The fourth-order valence-electron chi connectivity index (χ4n) is 4.20. The van der Waals surface area contributed by atoms with Gasteiger partial charge in [0.25, 0.3) is 0 Å². The smallest absolute Gasteiger partial charge is 0.417 e. The summed E-state index contributed by atoms with van der Waals surface area (Å²) in [7, 11) is 0. The van der Waals surface area contributed by atoms with Crippen molar-refractivity contribution in [2.24, 2.45) is 5.92 Å². The number of nitrogens with zero attached hydrogens (tertiary/aromatic N) is 1. The van der Waals surface area contributed by atoms with Gasteiger partial charge in [0.05, 0.1) is 16.4 Å². The van der Waals surface area contributed by atoms with Gasteiger partial charge in [0.15, 0.2) is 11.6 Å². The van der Waals surface area contributed by atoms with Crippen molar-refractivity contribution in [1.29, 1.82) is 0 Å². The van der Waals surface area contributed by atoms with E-state index in [4.69, 9.17) is 14.6 Å². The maximum Gasteiger partial charge on any atom is 0.417 e. The molecule has 1 aromatic rings. The number of benzene rings is 1. The number of carbonyl (C=O) groups is 3. The molecule has 0 saturated carbocycles. The van der Waals surface area contributed by atoms with Gasteiger partial charge in [-0.1, -0.05) is 50.1 Å². The Morgan fingerprint density at radius 1 is 1.18 bits per heavy atom. The standard InChI is InChI=1S/C24H30BrNO7/c1-15(20-18(28)14-19(25)24(31,33-20)12-8-3-4-9-13-27)22(29)26-16(2)21(32-23(26)30)17-10-6-5-7-11-17/h5-7,10-11,14-16,20-21,27,31H,3-4,8-9,12-13H2,1-2H3. The van der Waals surface area contributed by atoms with Crippen molar-refractivity contribution >= 4 is 33.7 Å². The maximum atomic E-state index is 13.3. The molecule has 0 aliphatic carbocycles. The number of rotatable bonds is 9. The molecular formula is C24H30BrNO7. The highest BCUT2D eigenvalue weighted by atomic mass is 79.9. The van der Waals surface area contributed by atoms with Crippen LogP contribution in [0.5, 0.6) is 0 Å². The molecule has 2 aliphatic rings. The van der Waals surface area contributed by atoms with Gasteiger partial charge in [-0.3, -0.25) is 9.59 Å². The number of aliphatic hydroxyl groups is 2. The molecule has 1 fully saturated rings. The number of amides is 2. The molecule has 9 heteroatoms. The SMILES string of the molecule is CC(C(=O)N1C(=O)OC(c2ccccc2)C1C)C1OC(O)(CCCCCCO)C(Br)=CC1=O. The highest BCUT2D eigenvalue weighted by Crippen LogP contribution is 2.38. The lowest BCUT2D eigenvalue weighted by molar-refractivity contribution is -0.217. The zero-order chi connectivity index (χ0) is 24.2. The van der Waals surface area contributed by atoms with Gasteiger partial charge in [0.1, 0.15) is 12.2 Å². The number of ether oxygens (including phenoxy) is 2. The summed E-state index contributed by atoms with van der Waals surface area (Å²) in [4.78, 5) is 39.5. The molecule has 2 heterocycles. The summed E-state index contributed by atoms with van der Waals surface area (Å²) in [5.41, 5.74) is 0.772. The summed E-state index contributed by atoms with van der Waals surface area (Å²) in [6.45, 7) is 3.34. The minimum absolute atomic E-state index is 0.114. The first kappa shape index (κ1) is 25.6. The van der Waals surface area contributed by atoms with E-state index in [1.807, 2.05) is 30.3 Å². The third-order valence-corrected chi connectivity index (χ3v) is 7.00. The van der Waals surface area contributed by atoms with Crippen LogP contribution in [0.4, 0.5) is 4.79 Å². The molecular weight excluding hydrogens is 494 g/mol. The molecule has 0 spiro atoms. The Morgan fingerprint density at radius 2 is 1.85 bits per heavy atom. The Balaban J connectivity index is 1.71. The third-order valence-electron chi connectivity index (χ3n) is 6.15. The lowest BCUT2D eigenvalue weighted by atomic mass is 9.93. The first-order chi connectivity index (χ1) is 15.7. The third kappa shape index (κ3) is 5.54. The van der Waals surface area contributed by atoms with Crippen molar-refractivity contribution in [3.63, 3.8) is 0 Å². The normalized spacial score (nSPS) is 28.5. The van der Waals surface area contributed by atoms with E-state index in [0.717, 1.165) is 23.3 Å². The van der Waals surface area contributed by atoms with Crippen LogP contribution in [-0.4, -0.2) is 57.4 Å². The number of ketones is 1. The van der Waals surface area contributed by atoms with Crippen molar-refractivity contribution in [3.8, 4) is 0 Å². The number of unbranched alkanes of at least 4 members (excludes halogenated alkanes) is 3. The van der Waals surface area contributed by atoms with Crippen LogP contribution in [0.25, 0.3) is 0 Å². The Labute approximate surface area is 201 Å². The average Bonchev–Trinajstić information content (AvgIpc) is 3.10. The van der Waals surface area contributed by atoms with E-state index >= 15 is 0 Å². The van der Waals surface area contributed by atoms with Crippen molar-refractivity contribution in [2.45, 2.75) is 70.0 Å². The largest absolute Gasteiger partial charge is 0.439 e. The molecule has 2 N–H and O–H groups in total. The number of carbonyl (C=O) groups excluding carboxylic acids is 3. The molecule has 8 nitrogen and oxygen atoms in total. The quantitative estimate of drug-likeness (QED) is 0.475. The number of hydrogen-bond acceptors (Lipinski definition) is 7. The van der Waals surface area contributed by atoms with Crippen LogP contribution in [-0.2, 0) is 19.1 Å². The summed E-state index contributed by atoms with van der Waals surface area (Å²) < 4.78 is 11.4. The fraction of sp³-hybridized carbons (Fsp3) is 0.542. The van der Waals surface area contributed by atoms with Crippen LogP contribution in [0, 0.1) is 5.92 Å². The van der Waals surface area contributed by atoms with Crippen molar-refractivity contribution in [2.75, 3.05) is 6.61 Å². The second kappa shape index (κ2) is 10.9. The van der Waals surface area contributed by atoms with Crippen LogP contribution < -0.4 is 0 Å². The molecule has 180 valence electrons. The second-order valence-electron chi connectivity index (χ2n) is 8.56. The van der Waals surface area contributed by atoms with E-state index in [1.54, 1.807) is 6.92 Å². The highest BCUT2D eigenvalue weighted by Gasteiger charge is 2.49. The highest BCUT2D eigenvalue weighted by molar-refractivity contribution is 9.11. The maximum absolute atomic E-state index is 13.3. The van der Waals surface area contributed by atoms with Crippen molar-refractivity contribution < 1.29 is 34.1 Å². The second-order valence-corrected chi connectivity index (χ2v) is 9.41. The van der Waals surface area contributed by atoms with Gasteiger partial charge >= 0.3 is 6.09 Å². The number of cyclic esters (lactones) is 1. The predicted octanol–water partition coefficient (Wildman–Crippen LogP) is 3.61. The van der Waals surface area contributed by atoms with Crippen LogP contribution in [0.3, 0.4) is 0 Å². The van der Waals surface area contributed by atoms with E-state index in [2.05, 4.69) is 15.9 Å². The monoisotopic (exact) mass is 523 g/mol. The van der Waals surface area contributed by atoms with Gasteiger partial charge in [0.2, 0.25) is 5.91 Å². The Hall–Kier alpha value is -2.07. The van der Waals surface area contributed by atoms with Gasteiger partial charge in [0, 0.05) is 13.0 Å². The van der Waals surface area contributed by atoms with Crippen LogP contribution in [0.15, 0.2) is 40.9 Å². The van der Waals surface area contributed by atoms with E-state index in [-0.39, 0.29) is 17.5 Å². The van der Waals surface area contributed by atoms with Gasteiger partial charge in [-0.2, -0.15) is 0 Å². The molecule has 0 radical (unpaired) electrons. The zero-order valence-electron chi connectivity index (χ0n) is 18.8. The number of halogens is 1. The Morgan fingerprint density at radius 3 is 2.52 bits per heavy atom. The topological polar surface area (TPSA) is 113 Å². The van der Waals surface area contributed by atoms with E-state index in [0.29, 0.717) is 12.8 Å². The molecule has 0 bridgehead atoms. The summed E-state index contributed by atoms with van der Waals surface area (Å²) in [5, 5.41) is 19.9. The lowest BCUT2D eigenvalue weighted by Crippen LogP contribution is -2.51. The van der Waals surface area contributed by atoms with E-state index in [1.165, 1.54) is 13.0 Å². The molecule has 2 amide bonds. The predicted molar refractivity (Wildman–Crippen MR) is 123 cm³/mol. The molecule has 33 heavy (non-hydrogen) atoms. The number of hydrogen-bond donors (Lipinski definition) is 2. The van der Waals surface area contributed by atoms with Crippen LogP contribution >= 0.6 is 15.9 Å². The number of aliphatic hydroxyl groups excluding tert-OH is 1. The van der Waals surface area contributed by atoms with E-state index < -0.39 is 47.7 Å². The molecule has 3 rings (SSSR count). The van der Waals surface area contributed by atoms with Crippen LogP contribution in [0.1, 0.15) is 57.6 Å². The summed E-state index contributed by atoms with van der Waals surface area (Å²) >= 11 is 3.22. The molecule has 5 unspecified atom stereocenters. The number of imide groups is 1. The average molecular weight is 524 g/mol. The Bertz CT molecular complexity index is 905. The molecule has 0 aromatic heterocycles. The van der Waals surface area contributed by atoms with Crippen molar-refractivity contribution in [3.05, 3.63) is 46.5 Å². The zero-order valence-corrected chi connectivity index (χ0v) is 20.4. The minimum atomic E-state index is -1.74. The van der Waals surface area contributed by atoms with Crippen molar-refractivity contribution in [1.82, 2.24) is 4.90 Å². The first-order valence-electron chi connectivity index (χ1n) is 11.2. The summed E-state index contributed by atoms with van der Waals surface area (Å²) in [6, 6.07) is 8.58. The summed E-state index contributed by atoms with van der Waals surface area (Å²) in [5.74, 6) is -3.82. The van der Waals surface area contributed by atoms with E-state index in [9.17, 15) is 19.5 Å². The molecule has 2 aliphatic heterocycles. The molecule has 1 aromatic carbocycles. The van der Waals surface area contributed by atoms with Gasteiger partial charge in [-0.05, 0) is 47.3 Å². The Kier molecular flexibility index (Phi) is 8.44. The van der Waals surface area contributed by atoms with Gasteiger partial charge < -0.3 is 19.7 Å². The fourth-order valence-corrected chi connectivity index (χ4v) is 4.71. The summed E-state index contributed by atoms with van der Waals surface area (Å²) in [6.07, 6.45) is 1.71. The lowest BCUT2D eigenvalue weighted by Gasteiger charge is -2.37. The van der Waals surface area contributed by atoms with Gasteiger partial charge in [-0.15, -0.1) is 0 Å².